The Bertz CT molecular complexity index is 197. The van der Waals surface area contributed by atoms with Crippen LogP contribution in [0.4, 0.5) is 16.8 Å². The van der Waals surface area contributed by atoms with Crippen molar-refractivity contribution in [1.82, 2.24) is 8.88 Å². The molecule has 0 radical (unpaired) electrons. The van der Waals surface area contributed by atoms with Crippen molar-refractivity contribution in [2.45, 2.75) is 0 Å². The van der Waals surface area contributed by atoms with Gasteiger partial charge < -0.3 is 0 Å². The van der Waals surface area contributed by atoms with Gasteiger partial charge in [0.15, 0.2) is 0 Å². The summed E-state index contributed by atoms with van der Waals surface area (Å²) in [6, 6.07) is 0. The van der Waals surface area contributed by atoms with E-state index in [-0.39, 0.29) is 8.88 Å². The summed E-state index contributed by atoms with van der Waals surface area (Å²) in [5, 5.41) is 0. The third-order valence-electron chi connectivity index (χ3n) is 2.55. The summed E-state index contributed by atoms with van der Waals surface area (Å²) in [7, 11) is -9.11. The topological polar surface area (TPSA) is 6.48 Å². The SMILES string of the molecule is CN1P(C)(F)(F)N(C)P1(C)(F)F. The average Bonchev–Trinajstić information content (AvgIpc) is 1.82. The summed E-state index contributed by atoms with van der Waals surface area (Å²) in [6.07, 6.45) is 0. The molecule has 0 aromatic heterocycles. The molecule has 0 saturated carbocycles. The Balaban J connectivity index is 3.16. The van der Waals surface area contributed by atoms with Crippen LogP contribution in [0.5, 0.6) is 0 Å². The molecular weight excluding hydrogens is 214 g/mol. The molecule has 0 bridgehead atoms. The van der Waals surface area contributed by atoms with E-state index in [2.05, 4.69) is 0 Å². The summed E-state index contributed by atoms with van der Waals surface area (Å²) in [5.74, 6) is 0. The Hall–Kier alpha value is 0.500. The van der Waals surface area contributed by atoms with E-state index in [1.54, 1.807) is 0 Å². The summed E-state index contributed by atoms with van der Waals surface area (Å²) < 4.78 is 53.2. The van der Waals surface area contributed by atoms with Gasteiger partial charge in [-0.05, 0) is 0 Å². The minimum atomic E-state index is -5.36. The van der Waals surface area contributed by atoms with E-state index in [9.17, 15) is 16.8 Å². The second-order valence-corrected chi connectivity index (χ2v) is 11.2. The Morgan fingerprint density at radius 2 is 0.917 bits per heavy atom. The molecule has 0 amide bonds. The van der Waals surface area contributed by atoms with Crippen LogP contribution in [0.3, 0.4) is 0 Å². The predicted octanol–water partition coefficient (Wildman–Crippen LogP) is 3.43. The molecule has 1 aliphatic heterocycles. The molecule has 0 atom stereocenters. The van der Waals surface area contributed by atoms with Crippen LogP contribution in [0.15, 0.2) is 0 Å². The predicted molar refractivity (Wildman–Crippen MR) is 45.6 cm³/mol. The summed E-state index contributed by atoms with van der Waals surface area (Å²) >= 11 is 0. The van der Waals surface area contributed by atoms with Gasteiger partial charge in [0.25, 0.3) is 0 Å². The van der Waals surface area contributed by atoms with Crippen LogP contribution in [-0.4, -0.2) is 36.3 Å². The van der Waals surface area contributed by atoms with Crippen molar-refractivity contribution in [1.29, 1.82) is 0 Å². The van der Waals surface area contributed by atoms with Crippen molar-refractivity contribution in [2.75, 3.05) is 27.4 Å². The fraction of sp³-hybridized carbons (Fsp3) is 1.00. The van der Waals surface area contributed by atoms with Gasteiger partial charge in [-0.1, -0.05) is 0 Å². The van der Waals surface area contributed by atoms with Crippen LogP contribution in [0, 0.1) is 0 Å². The molecule has 1 heterocycles. The fourth-order valence-corrected chi connectivity index (χ4v) is 9.83. The monoisotopic (exact) mass is 226 g/mol. The van der Waals surface area contributed by atoms with E-state index in [1.807, 2.05) is 0 Å². The summed E-state index contributed by atoms with van der Waals surface area (Å²) in [4.78, 5) is 0. The van der Waals surface area contributed by atoms with Crippen molar-refractivity contribution in [3.63, 3.8) is 0 Å². The maximum absolute atomic E-state index is 13.3. The van der Waals surface area contributed by atoms with Gasteiger partial charge >= 0.3 is 68.1 Å². The van der Waals surface area contributed by atoms with Gasteiger partial charge in [0.2, 0.25) is 0 Å². The van der Waals surface area contributed by atoms with Crippen molar-refractivity contribution < 1.29 is 16.8 Å². The molecule has 0 spiro atoms. The molecule has 76 valence electrons. The molecule has 1 fully saturated rings. The second kappa shape index (κ2) is 1.81. The van der Waals surface area contributed by atoms with E-state index in [1.165, 1.54) is 0 Å². The third kappa shape index (κ3) is 0.897. The summed E-state index contributed by atoms with van der Waals surface area (Å²) in [5.41, 5.74) is 0. The quantitative estimate of drug-likeness (QED) is 0.461. The molecule has 8 heteroatoms. The van der Waals surface area contributed by atoms with Gasteiger partial charge in [0.1, 0.15) is 0 Å². The Kier molecular flexibility index (Phi) is 1.59. The number of hydrogen-bond acceptors (Lipinski definition) is 2. The van der Waals surface area contributed by atoms with Gasteiger partial charge in [-0.2, -0.15) is 0 Å². The van der Waals surface area contributed by atoms with Crippen LogP contribution in [-0.2, 0) is 0 Å². The summed E-state index contributed by atoms with van der Waals surface area (Å²) in [6.45, 7) is 1.22. The maximum atomic E-state index is 13.3. The molecule has 0 aromatic rings. The Morgan fingerprint density at radius 1 is 0.750 bits per heavy atom. The van der Waals surface area contributed by atoms with Crippen molar-refractivity contribution in [3.8, 4) is 0 Å². The van der Waals surface area contributed by atoms with Gasteiger partial charge in [0, 0.05) is 0 Å². The van der Waals surface area contributed by atoms with Gasteiger partial charge in [-0.25, -0.2) is 0 Å². The first-order chi connectivity index (χ1) is 4.87. The zero-order chi connectivity index (χ0) is 10.0. The van der Waals surface area contributed by atoms with E-state index >= 15 is 0 Å². The van der Waals surface area contributed by atoms with Crippen LogP contribution >= 0.6 is 15.1 Å². The van der Waals surface area contributed by atoms with Gasteiger partial charge in [-0.3, -0.25) is 0 Å². The molecule has 0 aromatic carbocycles. The van der Waals surface area contributed by atoms with Crippen LogP contribution in [0.1, 0.15) is 0 Å². The molecule has 0 unspecified atom stereocenters. The molecule has 12 heavy (non-hydrogen) atoms. The number of halogens is 4. The van der Waals surface area contributed by atoms with Crippen LogP contribution in [0.25, 0.3) is 0 Å². The normalized spacial score (nSPS) is 44.3. The Labute approximate surface area is 69.1 Å². The Morgan fingerprint density at radius 3 is 1.00 bits per heavy atom. The molecule has 0 N–H and O–H groups in total. The first-order valence-corrected chi connectivity index (χ1v) is 8.01. The van der Waals surface area contributed by atoms with Crippen molar-refractivity contribution in [3.05, 3.63) is 0 Å². The number of nitrogens with zero attached hydrogens (tertiary/aromatic N) is 2. The third-order valence-corrected chi connectivity index (χ3v) is 12.4. The average molecular weight is 226 g/mol. The fourth-order valence-electron chi connectivity index (χ4n) is 1.21. The first-order valence-electron chi connectivity index (χ1n) is 3.26. The standard InChI is InChI=1S/C4H12F4N2P2/c1-9-11(3,5,6)10(2)12(9,4,7)8/h1-4H3. The molecule has 1 aliphatic rings. The zero-order valence-electron chi connectivity index (χ0n) is 7.30. The van der Waals surface area contributed by atoms with Crippen molar-refractivity contribution in [2.24, 2.45) is 0 Å². The van der Waals surface area contributed by atoms with Crippen LogP contribution in [0.2, 0.25) is 0 Å². The van der Waals surface area contributed by atoms with E-state index < -0.39 is 15.1 Å². The number of rotatable bonds is 0. The van der Waals surface area contributed by atoms with Crippen LogP contribution < -0.4 is 0 Å². The van der Waals surface area contributed by atoms with E-state index in [0.717, 1.165) is 14.1 Å². The first kappa shape index (κ1) is 10.6. The van der Waals surface area contributed by atoms with Gasteiger partial charge in [-0.15, -0.1) is 0 Å². The van der Waals surface area contributed by atoms with E-state index in [4.69, 9.17) is 0 Å². The molecule has 1 saturated heterocycles. The zero-order valence-corrected chi connectivity index (χ0v) is 9.09. The minimum absolute atomic E-state index is 0.0111. The molecular formula is C4H12F4N2P2. The van der Waals surface area contributed by atoms with Gasteiger partial charge in [0.05, 0.1) is 0 Å². The number of hydrogen-bond donors (Lipinski definition) is 0. The molecule has 0 aliphatic carbocycles. The van der Waals surface area contributed by atoms with E-state index in [0.29, 0.717) is 13.3 Å². The van der Waals surface area contributed by atoms with Crippen molar-refractivity contribution >= 4 is 15.1 Å². The second-order valence-electron chi connectivity index (χ2n) is 3.37. The molecule has 2 nitrogen and oxygen atoms in total. The molecule has 1 rings (SSSR count).